The molecule has 0 bridgehead atoms. The number of fused-ring (bicyclic) bond motifs is 1. The largest absolute Gasteiger partial charge is 0.492 e. The third-order valence-electron chi connectivity index (χ3n) is 4.27. The van der Waals surface area contributed by atoms with Gasteiger partial charge in [0.2, 0.25) is 5.91 Å². The van der Waals surface area contributed by atoms with E-state index in [1.54, 1.807) is 11.1 Å². The zero-order valence-electron chi connectivity index (χ0n) is 17.2. The number of hydrogen-bond donors (Lipinski definition) is 2. The third-order valence-corrected chi connectivity index (χ3v) is 4.27. The van der Waals surface area contributed by atoms with Crippen LogP contribution in [0.1, 0.15) is 18.1 Å². The summed E-state index contributed by atoms with van der Waals surface area (Å²) >= 11 is 0. The quantitative estimate of drug-likeness (QED) is 0.622. The lowest BCUT2D eigenvalue weighted by Crippen LogP contribution is -2.27. The van der Waals surface area contributed by atoms with Gasteiger partial charge in [0.15, 0.2) is 0 Å². The highest BCUT2D eigenvalue weighted by molar-refractivity contribution is 5.85. The minimum absolute atomic E-state index is 0.0756. The van der Waals surface area contributed by atoms with E-state index in [0.717, 1.165) is 34.6 Å². The predicted molar refractivity (Wildman–Crippen MR) is 116 cm³/mol. The summed E-state index contributed by atoms with van der Waals surface area (Å²) in [7, 11) is 1.83. The van der Waals surface area contributed by atoms with Crippen molar-refractivity contribution in [3.05, 3.63) is 72.1 Å². The smallest absolute Gasteiger partial charge is 0.300 e. The van der Waals surface area contributed by atoms with Crippen LogP contribution in [0.5, 0.6) is 5.75 Å². The Kier molecular flexibility index (Phi) is 8.77. The zero-order chi connectivity index (χ0) is 21.9. The Morgan fingerprint density at radius 3 is 2.50 bits per heavy atom. The Hall–Kier alpha value is -3.45. The molecule has 1 amide bonds. The van der Waals surface area contributed by atoms with Crippen molar-refractivity contribution in [2.45, 2.75) is 19.9 Å². The van der Waals surface area contributed by atoms with Crippen molar-refractivity contribution in [2.75, 3.05) is 20.2 Å². The maximum absolute atomic E-state index is 12.6. The van der Waals surface area contributed by atoms with E-state index in [0.29, 0.717) is 26.1 Å². The molecule has 0 aliphatic rings. The number of carbonyl (C=O) groups is 2. The number of benzene rings is 2. The number of aromatic nitrogens is 1. The van der Waals surface area contributed by atoms with Gasteiger partial charge in [-0.3, -0.25) is 14.6 Å². The summed E-state index contributed by atoms with van der Waals surface area (Å²) in [6, 6.07) is 15.6. The van der Waals surface area contributed by atoms with E-state index in [2.05, 4.69) is 11.1 Å². The lowest BCUT2D eigenvalue weighted by molar-refractivity contribution is -0.134. The molecular formula is C23H27N3O4. The fourth-order valence-corrected chi connectivity index (χ4v) is 2.86. The van der Waals surface area contributed by atoms with Gasteiger partial charge in [-0.05, 0) is 34.7 Å². The zero-order valence-corrected chi connectivity index (χ0v) is 17.2. The van der Waals surface area contributed by atoms with Crippen LogP contribution in [0.25, 0.3) is 10.8 Å². The van der Waals surface area contributed by atoms with E-state index in [9.17, 15) is 4.79 Å². The number of rotatable bonds is 7. The number of amides is 1. The second kappa shape index (κ2) is 11.5. The number of nitrogens with two attached hydrogens (primary N) is 1. The van der Waals surface area contributed by atoms with Crippen LogP contribution in [0, 0.1) is 0 Å². The van der Waals surface area contributed by atoms with Gasteiger partial charge in [0.25, 0.3) is 5.97 Å². The molecule has 0 aliphatic heterocycles. The van der Waals surface area contributed by atoms with Crippen molar-refractivity contribution >= 4 is 22.6 Å². The lowest BCUT2D eigenvalue weighted by atomic mass is 10.1. The molecule has 0 saturated heterocycles. The van der Waals surface area contributed by atoms with Crippen molar-refractivity contribution in [3.63, 3.8) is 0 Å². The Bertz CT molecular complexity index is 964. The summed E-state index contributed by atoms with van der Waals surface area (Å²) in [6.07, 6.45) is 3.98. The van der Waals surface area contributed by atoms with Gasteiger partial charge in [0.05, 0.1) is 6.42 Å². The molecule has 3 N–H and O–H groups in total. The normalized spacial score (nSPS) is 10.1. The van der Waals surface area contributed by atoms with Crippen LogP contribution >= 0.6 is 0 Å². The second-order valence-corrected chi connectivity index (χ2v) is 6.74. The number of nitrogens with zero attached hydrogens (tertiary/aromatic N) is 2. The summed E-state index contributed by atoms with van der Waals surface area (Å²) in [5, 5.41) is 9.63. The number of carboxylic acids is 1. The summed E-state index contributed by atoms with van der Waals surface area (Å²) in [5.41, 5.74) is 7.50. The maximum Gasteiger partial charge on any atom is 0.300 e. The Morgan fingerprint density at radius 1 is 1.13 bits per heavy atom. The molecule has 0 spiro atoms. The van der Waals surface area contributed by atoms with Gasteiger partial charge in [0.1, 0.15) is 12.4 Å². The lowest BCUT2D eigenvalue weighted by Gasteiger charge is -2.18. The minimum atomic E-state index is -0.833. The minimum Gasteiger partial charge on any atom is -0.492 e. The molecule has 158 valence electrons. The number of ether oxygens (including phenoxy) is 1. The summed E-state index contributed by atoms with van der Waals surface area (Å²) in [5.74, 6) is 0.0102. The molecule has 0 aliphatic carbocycles. The van der Waals surface area contributed by atoms with Gasteiger partial charge in [-0.15, -0.1) is 0 Å². The highest BCUT2D eigenvalue weighted by Crippen LogP contribution is 2.19. The van der Waals surface area contributed by atoms with Gasteiger partial charge >= 0.3 is 0 Å². The summed E-state index contributed by atoms with van der Waals surface area (Å²) in [6.45, 7) is 2.62. The number of pyridine rings is 1. The second-order valence-electron chi connectivity index (χ2n) is 6.74. The van der Waals surface area contributed by atoms with Crippen LogP contribution in [0.4, 0.5) is 0 Å². The molecule has 0 saturated carbocycles. The first kappa shape index (κ1) is 22.8. The van der Waals surface area contributed by atoms with Gasteiger partial charge < -0.3 is 20.5 Å². The topological polar surface area (TPSA) is 106 Å². The van der Waals surface area contributed by atoms with E-state index in [4.69, 9.17) is 20.4 Å². The number of carbonyl (C=O) groups excluding carboxylic acids is 1. The average molecular weight is 409 g/mol. The van der Waals surface area contributed by atoms with Gasteiger partial charge in [-0.1, -0.05) is 30.3 Å². The molecule has 1 heterocycles. The fraction of sp³-hybridized carbons (Fsp3) is 0.261. The molecule has 3 rings (SSSR count). The molecule has 7 nitrogen and oxygen atoms in total. The van der Waals surface area contributed by atoms with Crippen LogP contribution in [0.15, 0.2) is 60.9 Å². The molecule has 7 heteroatoms. The molecule has 30 heavy (non-hydrogen) atoms. The van der Waals surface area contributed by atoms with Crippen LogP contribution in [-0.4, -0.2) is 47.1 Å². The number of likely N-dealkylation sites (N-methyl/N-ethyl adjacent to an activating group) is 1. The summed E-state index contributed by atoms with van der Waals surface area (Å²) in [4.78, 5) is 27.5. The third kappa shape index (κ3) is 7.18. The van der Waals surface area contributed by atoms with E-state index in [1.807, 2.05) is 55.7 Å². The molecule has 0 unspecified atom stereocenters. The molecule has 3 aromatic rings. The monoisotopic (exact) mass is 409 g/mol. The standard InChI is InChI=1S/C21H23N3O2.C2H4O2/c1-24(15-18-4-2-3-17-14-23-11-9-20(17)18)21(25)13-16-5-7-19(8-6-16)26-12-10-22;1-2(3)4/h2-9,11,14H,10,12-13,15,22H2,1H3;1H3,(H,3,4). The number of aliphatic carboxylic acids is 1. The molecule has 0 atom stereocenters. The van der Waals surface area contributed by atoms with E-state index < -0.39 is 5.97 Å². The van der Waals surface area contributed by atoms with Gasteiger partial charge in [0, 0.05) is 44.8 Å². The van der Waals surface area contributed by atoms with Crippen LogP contribution in [0.3, 0.4) is 0 Å². The van der Waals surface area contributed by atoms with Crippen molar-refractivity contribution in [2.24, 2.45) is 5.73 Å². The molecule has 0 radical (unpaired) electrons. The highest BCUT2D eigenvalue weighted by atomic mass is 16.5. The van der Waals surface area contributed by atoms with Crippen molar-refractivity contribution in [1.29, 1.82) is 0 Å². The first-order valence-electron chi connectivity index (χ1n) is 9.57. The van der Waals surface area contributed by atoms with E-state index >= 15 is 0 Å². The molecule has 2 aromatic carbocycles. The van der Waals surface area contributed by atoms with Crippen LogP contribution in [-0.2, 0) is 22.6 Å². The van der Waals surface area contributed by atoms with Crippen LogP contribution < -0.4 is 10.5 Å². The van der Waals surface area contributed by atoms with E-state index in [-0.39, 0.29) is 5.91 Å². The van der Waals surface area contributed by atoms with Crippen molar-refractivity contribution < 1.29 is 19.4 Å². The first-order valence-corrected chi connectivity index (χ1v) is 9.57. The Labute approximate surface area is 176 Å². The Morgan fingerprint density at radius 2 is 1.83 bits per heavy atom. The number of hydrogen-bond acceptors (Lipinski definition) is 5. The van der Waals surface area contributed by atoms with E-state index in [1.165, 1.54) is 0 Å². The van der Waals surface area contributed by atoms with Crippen LogP contribution in [0.2, 0.25) is 0 Å². The Balaban J connectivity index is 0.000000735. The van der Waals surface area contributed by atoms with Gasteiger partial charge in [-0.2, -0.15) is 0 Å². The molecular weight excluding hydrogens is 382 g/mol. The van der Waals surface area contributed by atoms with Crippen molar-refractivity contribution in [3.8, 4) is 5.75 Å². The fourth-order valence-electron chi connectivity index (χ4n) is 2.86. The average Bonchev–Trinajstić information content (AvgIpc) is 2.73. The predicted octanol–water partition coefficient (Wildman–Crippen LogP) is 2.86. The van der Waals surface area contributed by atoms with Crippen molar-refractivity contribution in [1.82, 2.24) is 9.88 Å². The SMILES string of the molecule is CC(=O)O.CN(Cc1cccc2cnccc12)C(=O)Cc1ccc(OCCN)cc1. The number of carboxylic acid groups (broad SMARTS) is 1. The highest BCUT2D eigenvalue weighted by Gasteiger charge is 2.12. The molecule has 1 aromatic heterocycles. The summed E-state index contributed by atoms with van der Waals surface area (Å²) < 4.78 is 5.46. The first-order chi connectivity index (χ1) is 14.4. The maximum atomic E-state index is 12.6. The van der Waals surface area contributed by atoms with Gasteiger partial charge in [-0.25, -0.2) is 0 Å². The molecule has 0 fully saturated rings.